The minimum absolute atomic E-state index is 0.329. The van der Waals surface area contributed by atoms with E-state index in [9.17, 15) is 0 Å². The lowest BCUT2D eigenvalue weighted by atomic mass is 10.1. The lowest BCUT2D eigenvalue weighted by Gasteiger charge is -2.32. The summed E-state index contributed by atoms with van der Waals surface area (Å²) < 4.78 is 5.21. The van der Waals surface area contributed by atoms with Crippen LogP contribution in [0.15, 0.2) is 0 Å². The summed E-state index contributed by atoms with van der Waals surface area (Å²) in [5.74, 6) is 0. The number of nitrogens with zero attached hydrogens (tertiary/aromatic N) is 1. The maximum Gasteiger partial charge on any atom is 0.0670 e. The topological polar surface area (TPSA) is 38.5 Å². The smallest absolute Gasteiger partial charge is 0.0670 e. The van der Waals surface area contributed by atoms with Crippen LogP contribution in [0.2, 0.25) is 0 Å². The molecular formula is C9H20N2O. The highest BCUT2D eigenvalue weighted by atomic mass is 16.5. The summed E-state index contributed by atoms with van der Waals surface area (Å²) in [7, 11) is 1.76. The zero-order chi connectivity index (χ0) is 8.97. The summed E-state index contributed by atoms with van der Waals surface area (Å²) >= 11 is 0. The molecule has 2 atom stereocenters. The van der Waals surface area contributed by atoms with Gasteiger partial charge in [0.1, 0.15) is 0 Å². The molecule has 0 spiro atoms. The van der Waals surface area contributed by atoms with Crippen molar-refractivity contribution in [2.75, 3.05) is 26.7 Å². The summed E-state index contributed by atoms with van der Waals surface area (Å²) in [5, 5.41) is 0. The minimum Gasteiger partial charge on any atom is -0.380 e. The van der Waals surface area contributed by atoms with Crippen LogP contribution < -0.4 is 5.73 Å². The van der Waals surface area contributed by atoms with Crippen LogP contribution in [0.3, 0.4) is 0 Å². The van der Waals surface area contributed by atoms with Crippen molar-refractivity contribution < 1.29 is 4.74 Å². The lowest BCUT2D eigenvalue weighted by Crippen LogP contribution is -2.45. The standard InChI is InChI=1S/C9H20N2O/c1-8(12-2)6-11-5-3-4-9(10)7-11/h8-9H,3-7,10H2,1-2H3. The average Bonchev–Trinajstić information content (AvgIpc) is 2.04. The van der Waals surface area contributed by atoms with Crippen molar-refractivity contribution in [3.8, 4) is 0 Å². The fourth-order valence-electron chi connectivity index (χ4n) is 1.70. The summed E-state index contributed by atoms with van der Waals surface area (Å²) in [6.45, 7) is 5.33. The number of hydrogen-bond acceptors (Lipinski definition) is 3. The third-order valence-electron chi connectivity index (χ3n) is 2.46. The van der Waals surface area contributed by atoms with Gasteiger partial charge in [0.05, 0.1) is 6.10 Å². The molecule has 0 saturated carbocycles. The zero-order valence-electron chi connectivity index (χ0n) is 8.12. The van der Waals surface area contributed by atoms with E-state index in [2.05, 4.69) is 11.8 Å². The van der Waals surface area contributed by atoms with Crippen LogP contribution in [0.1, 0.15) is 19.8 Å². The van der Waals surface area contributed by atoms with Gasteiger partial charge in [-0.05, 0) is 26.3 Å². The van der Waals surface area contributed by atoms with E-state index in [-0.39, 0.29) is 0 Å². The Bertz CT molecular complexity index is 130. The van der Waals surface area contributed by atoms with Crippen LogP contribution in [0.5, 0.6) is 0 Å². The molecule has 0 bridgehead atoms. The monoisotopic (exact) mass is 172 g/mol. The molecule has 0 radical (unpaired) electrons. The highest BCUT2D eigenvalue weighted by Gasteiger charge is 2.17. The first kappa shape index (κ1) is 9.96. The number of methoxy groups -OCH3 is 1. The summed E-state index contributed by atoms with van der Waals surface area (Å²) in [5.41, 5.74) is 5.86. The molecule has 1 aliphatic heterocycles. The Kier molecular flexibility index (Phi) is 3.98. The maximum atomic E-state index is 5.86. The van der Waals surface area contributed by atoms with Gasteiger partial charge >= 0.3 is 0 Å². The number of rotatable bonds is 3. The first-order valence-corrected chi connectivity index (χ1v) is 4.73. The van der Waals surface area contributed by atoms with E-state index in [1.165, 1.54) is 19.4 Å². The molecule has 72 valence electrons. The molecule has 3 nitrogen and oxygen atoms in total. The van der Waals surface area contributed by atoms with Crippen molar-refractivity contribution in [2.45, 2.75) is 31.9 Å². The Labute approximate surface area is 74.9 Å². The highest BCUT2D eigenvalue weighted by molar-refractivity contribution is 4.75. The predicted octanol–water partition coefficient (Wildman–Crippen LogP) is 0.444. The third kappa shape index (κ3) is 3.09. The van der Waals surface area contributed by atoms with Gasteiger partial charge in [-0.3, -0.25) is 4.90 Å². The van der Waals surface area contributed by atoms with Crippen molar-refractivity contribution >= 4 is 0 Å². The van der Waals surface area contributed by atoms with Crippen molar-refractivity contribution in [1.29, 1.82) is 0 Å². The van der Waals surface area contributed by atoms with Crippen LogP contribution in [0.4, 0.5) is 0 Å². The first-order valence-electron chi connectivity index (χ1n) is 4.73. The number of ether oxygens (including phenoxy) is 1. The van der Waals surface area contributed by atoms with Gasteiger partial charge < -0.3 is 10.5 Å². The fraction of sp³-hybridized carbons (Fsp3) is 1.00. The van der Waals surface area contributed by atoms with Gasteiger partial charge in [0.2, 0.25) is 0 Å². The molecule has 0 aliphatic carbocycles. The van der Waals surface area contributed by atoms with Gasteiger partial charge in [-0.1, -0.05) is 0 Å². The second-order valence-corrected chi connectivity index (χ2v) is 3.71. The number of hydrogen-bond donors (Lipinski definition) is 1. The van der Waals surface area contributed by atoms with Crippen LogP contribution in [-0.2, 0) is 4.74 Å². The number of likely N-dealkylation sites (tertiary alicyclic amines) is 1. The van der Waals surface area contributed by atoms with E-state index in [0.29, 0.717) is 12.1 Å². The third-order valence-corrected chi connectivity index (χ3v) is 2.46. The van der Waals surface area contributed by atoms with Gasteiger partial charge in [0, 0.05) is 26.2 Å². The fourth-order valence-corrected chi connectivity index (χ4v) is 1.70. The number of nitrogens with two attached hydrogens (primary N) is 1. The molecule has 1 heterocycles. The molecule has 0 aromatic heterocycles. The quantitative estimate of drug-likeness (QED) is 0.671. The summed E-state index contributed by atoms with van der Waals surface area (Å²) in [6.07, 6.45) is 2.74. The molecule has 1 saturated heterocycles. The average molecular weight is 172 g/mol. The molecule has 0 aromatic rings. The van der Waals surface area contributed by atoms with E-state index in [1.807, 2.05) is 0 Å². The van der Waals surface area contributed by atoms with Crippen LogP contribution >= 0.6 is 0 Å². The Morgan fingerprint density at radius 1 is 1.67 bits per heavy atom. The predicted molar refractivity (Wildman–Crippen MR) is 50.1 cm³/mol. The van der Waals surface area contributed by atoms with Crippen molar-refractivity contribution in [3.63, 3.8) is 0 Å². The molecule has 1 rings (SSSR count). The largest absolute Gasteiger partial charge is 0.380 e. The van der Waals surface area contributed by atoms with Crippen LogP contribution in [0, 0.1) is 0 Å². The number of piperidine rings is 1. The van der Waals surface area contributed by atoms with Crippen molar-refractivity contribution in [1.82, 2.24) is 4.90 Å². The summed E-state index contributed by atoms with van der Waals surface area (Å²) in [6, 6.07) is 0.378. The lowest BCUT2D eigenvalue weighted by molar-refractivity contribution is 0.0668. The molecule has 0 aromatic carbocycles. The molecule has 0 amide bonds. The molecule has 12 heavy (non-hydrogen) atoms. The van der Waals surface area contributed by atoms with E-state index in [4.69, 9.17) is 10.5 Å². The second kappa shape index (κ2) is 4.80. The molecule has 1 aliphatic rings. The second-order valence-electron chi connectivity index (χ2n) is 3.71. The van der Waals surface area contributed by atoms with Gasteiger partial charge in [-0.2, -0.15) is 0 Å². The van der Waals surface area contributed by atoms with Crippen LogP contribution in [-0.4, -0.2) is 43.8 Å². The zero-order valence-corrected chi connectivity index (χ0v) is 8.12. The molecule has 2 unspecified atom stereocenters. The Hall–Kier alpha value is -0.120. The SMILES string of the molecule is COC(C)CN1CCCC(N)C1. The summed E-state index contributed by atoms with van der Waals surface area (Å²) in [4.78, 5) is 2.39. The Morgan fingerprint density at radius 3 is 3.00 bits per heavy atom. The molecule has 3 heteroatoms. The van der Waals surface area contributed by atoms with Gasteiger partial charge in [0.25, 0.3) is 0 Å². The van der Waals surface area contributed by atoms with Crippen LogP contribution in [0.25, 0.3) is 0 Å². The normalized spacial score (nSPS) is 28.8. The minimum atomic E-state index is 0.329. The molecule has 1 fully saturated rings. The van der Waals surface area contributed by atoms with Crippen molar-refractivity contribution in [3.05, 3.63) is 0 Å². The van der Waals surface area contributed by atoms with E-state index >= 15 is 0 Å². The van der Waals surface area contributed by atoms with Gasteiger partial charge in [0.15, 0.2) is 0 Å². The highest BCUT2D eigenvalue weighted by Crippen LogP contribution is 2.08. The Balaban J connectivity index is 2.22. The van der Waals surface area contributed by atoms with E-state index < -0.39 is 0 Å². The van der Waals surface area contributed by atoms with Crippen molar-refractivity contribution in [2.24, 2.45) is 5.73 Å². The van der Waals surface area contributed by atoms with E-state index in [0.717, 1.165) is 13.1 Å². The van der Waals surface area contributed by atoms with E-state index in [1.54, 1.807) is 7.11 Å². The van der Waals surface area contributed by atoms with Gasteiger partial charge in [-0.15, -0.1) is 0 Å². The van der Waals surface area contributed by atoms with Gasteiger partial charge in [-0.25, -0.2) is 0 Å². The molecule has 2 N–H and O–H groups in total. The first-order chi connectivity index (χ1) is 5.72. The maximum absolute atomic E-state index is 5.86. The Morgan fingerprint density at radius 2 is 2.42 bits per heavy atom. The molecular weight excluding hydrogens is 152 g/mol.